The van der Waals surface area contributed by atoms with Crippen LogP contribution in [0.25, 0.3) is 5.69 Å². The molecule has 0 bridgehead atoms. The molecule has 1 N–H and O–H groups in total. The third-order valence-corrected chi connectivity index (χ3v) is 7.97. The van der Waals surface area contributed by atoms with Gasteiger partial charge in [0.1, 0.15) is 6.54 Å². The van der Waals surface area contributed by atoms with Crippen molar-refractivity contribution in [1.82, 2.24) is 9.99 Å². The topological polar surface area (TPSA) is 83.8 Å². The van der Waals surface area contributed by atoms with Crippen LogP contribution in [0, 0.1) is 20.8 Å². The molecule has 0 unspecified atom stereocenters. The van der Waals surface area contributed by atoms with Crippen LogP contribution < -0.4 is 9.73 Å². The Morgan fingerprint density at radius 3 is 2.38 bits per heavy atom. The molecule has 0 radical (unpaired) electrons. The Morgan fingerprint density at radius 2 is 1.68 bits per heavy atom. The second-order valence-electron chi connectivity index (χ2n) is 8.57. The first-order valence-electron chi connectivity index (χ1n) is 11.6. The fraction of sp³-hybridized carbons (Fsp3) is 0.143. The van der Waals surface area contributed by atoms with E-state index in [9.17, 15) is 13.2 Å². The molecule has 0 atom stereocenters. The number of hydrazone groups is 1. The Hall–Kier alpha value is -3.88. The molecule has 4 rings (SSSR count). The lowest BCUT2D eigenvalue weighted by molar-refractivity contribution is -0.119. The van der Waals surface area contributed by atoms with Gasteiger partial charge in [-0.25, -0.2) is 13.8 Å². The quantitative estimate of drug-likeness (QED) is 0.242. The van der Waals surface area contributed by atoms with E-state index in [0.717, 1.165) is 32.5 Å². The van der Waals surface area contributed by atoms with Crippen molar-refractivity contribution in [2.45, 2.75) is 25.7 Å². The van der Waals surface area contributed by atoms with Crippen LogP contribution >= 0.6 is 11.6 Å². The number of hydrogen-bond donors (Lipinski definition) is 1. The molecular weight excluding hydrogens is 508 g/mol. The molecule has 0 aliphatic carbocycles. The van der Waals surface area contributed by atoms with Gasteiger partial charge in [0.25, 0.3) is 15.9 Å². The Labute approximate surface area is 222 Å². The molecule has 1 amide bonds. The van der Waals surface area contributed by atoms with Crippen molar-refractivity contribution in [3.05, 3.63) is 112 Å². The molecule has 1 aromatic heterocycles. The van der Waals surface area contributed by atoms with E-state index >= 15 is 0 Å². The van der Waals surface area contributed by atoms with Gasteiger partial charge in [-0.05, 0) is 68.8 Å². The van der Waals surface area contributed by atoms with E-state index in [1.807, 2.05) is 61.7 Å². The number of halogens is 1. The van der Waals surface area contributed by atoms with Crippen molar-refractivity contribution in [2.75, 3.05) is 10.8 Å². The van der Waals surface area contributed by atoms with Crippen molar-refractivity contribution in [2.24, 2.45) is 5.10 Å². The molecule has 0 aliphatic rings. The number of carbonyl (C=O) groups excluding carboxylic acids is 1. The van der Waals surface area contributed by atoms with Crippen LogP contribution in [-0.2, 0) is 14.8 Å². The number of nitrogens with one attached hydrogen (secondary N) is 1. The van der Waals surface area contributed by atoms with Crippen LogP contribution in [0.2, 0.25) is 5.02 Å². The van der Waals surface area contributed by atoms with Gasteiger partial charge >= 0.3 is 0 Å². The number of para-hydroxylation sites is 1. The molecule has 9 heteroatoms. The number of rotatable bonds is 8. The lowest BCUT2D eigenvalue weighted by Gasteiger charge is -2.24. The third kappa shape index (κ3) is 5.76. The van der Waals surface area contributed by atoms with Crippen molar-refractivity contribution in [1.29, 1.82) is 0 Å². The Kier molecular flexibility index (Phi) is 7.80. The predicted octanol–water partition coefficient (Wildman–Crippen LogP) is 5.40. The predicted molar refractivity (Wildman–Crippen MR) is 148 cm³/mol. The average Bonchev–Trinajstić information content (AvgIpc) is 3.16. The van der Waals surface area contributed by atoms with E-state index in [1.165, 1.54) is 18.3 Å². The summed E-state index contributed by atoms with van der Waals surface area (Å²) < 4.78 is 29.9. The first-order valence-corrected chi connectivity index (χ1v) is 13.4. The van der Waals surface area contributed by atoms with Crippen LogP contribution in [0.1, 0.15) is 22.5 Å². The van der Waals surface area contributed by atoms with Gasteiger partial charge in [-0.1, -0.05) is 54.1 Å². The number of aryl methyl sites for hydroxylation is 2. The molecule has 0 saturated carbocycles. The van der Waals surface area contributed by atoms with E-state index in [0.29, 0.717) is 10.7 Å². The van der Waals surface area contributed by atoms with Crippen LogP contribution in [0.3, 0.4) is 0 Å². The summed E-state index contributed by atoms with van der Waals surface area (Å²) in [6, 6.07) is 24.5. The normalized spacial score (nSPS) is 11.6. The monoisotopic (exact) mass is 534 g/mol. The lowest BCUT2D eigenvalue weighted by Crippen LogP contribution is -2.39. The molecule has 0 saturated heterocycles. The maximum Gasteiger partial charge on any atom is 0.264 e. The van der Waals surface area contributed by atoms with E-state index in [2.05, 4.69) is 10.5 Å². The van der Waals surface area contributed by atoms with Gasteiger partial charge in [0.05, 0.1) is 27.5 Å². The number of benzene rings is 3. The largest absolute Gasteiger partial charge is 0.316 e. The van der Waals surface area contributed by atoms with Crippen LogP contribution in [0.5, 0.6) is 0 Å². The molecule has 3 aromatic carbocycles. The highest BCUT2D eigenvalue weighted by molar-refractivity contribution is 7.92. The molecule has 0 spiro atoms. The molecule has 0 fully saturated rings. The Balaban J connectivity index is 1.55. The molecule has 37 heavy (non-hydrogen) atoms. The van der Waals surface area contributed by atoms with Gasteiger partial charge in [-0.3, -0.25) is 9.10 Å². The summed E-state index contributed by atoms with van der Waals surface area (Å²) in [5.74, 6) is -0.572. The summed E-state index contributed by atoms with van der Waals surface area (Å²) in [6.45, 7) is 5.32. The fourth-order valence-corrected chi connectivity index (χ4v) is 5.73. The van der Waals surface area contributed by atoms with E-state index < -0.39 is 22.5 Å². The van der Waals surface area contributed by atoms with Crippen LogP contribution in [-0.4, -0.2) is 31.7 Å². The van der Waals surface area contributed by atoms with Gasteiger partial charge in [-0.2, -0.15) is 5.10 Å². The summed E-state index contributed by atoms with van der Waals surface area (Å²) in [6.07, 6.45) is 1.54. The summed E-state index contributed by atoms with van der Waals surface area (Å²) in [7, 11) is -3.98. The average molecular weight is 535 g/mol. The van der Waals surface area contributed by atoms with E-state index in [-0.39, 0.29) is 4.90 Å². The number of sulfonamides is 1. The van der Waals surface area contributed by atoms with Gasteiger partial charge in [0.15, 0.2) is 0 Å². The summed E-state index contributed by atoms with van der Waals surface area (Å²) in [5, 5.41) is 4.72. The number of amides is 1. The molecule has 190 valence electrons. The second kappa shape index (κ2) is 11.0. The van der Waals surface area contributed by atoms with Crippen molar-refractivity contribution < 1.29 is 13.2 Å². The minimum absolute atomic E-state index is 0.0971. The summed E-state index contributed by atoms with van der Waals surface area (Å²) >= 11 is 6.38. The fourth-order valence-electron chi connectivity index (χ4n) is 4.08. The zero-order chi connectivity index (χ0) is 26.6. The molecular formula is C28H27ClN4O3S. The zero-order valence-corrected chi connectivity index (χ0v) is 22.3. The summed E-state index contributed by atoms with van der Waals surface area (Å²) in [5.41, 5.74) is 7.24. The Morgan fingerprint density at radius 1 is 0.973 bits per heavy atom. The second-order valence-corrected chi connectivity index (χ2v) is 10.8. The highest BCUT2D eigenvalue weighted by Gasteiger charge is 2.27. The highest BCUT2D eigenvalue weighted by Crippen LogP contribution is 2.26. The number of anilines is 1. The van der Waals surface area contributed by atoms with Gasteiger partial charge in [-0.15, -0.1) is 0 Å². The SMILES string of the molecule is Cc1cccc(N(CC(=O)N/N=C\c2cc(C)n(-c3ccccc3Cl)c2C)S(=O)(=O)c2ccccc2)c1. The number of hydrogen-bond acceptors (Lipinski definition) is 4. The highest BCUT2D eigenvalue weighted by atomic mass is 35.5. The van der Waals surface area contributed by atoms with Crippen molar-refractivity contribution >= 4 is 39.4 Å². The lowest BCUT2D eigenvalue weighted by atomic mass is 10.2. The molecule has 4 aromatic rings. The van der Waals surface area contributed by atoms with E-state index in [4.69, 9.17) is 11.6 Å². The maximum atomic E-state index is 13.4. The number of nitrogens with zero attached hydrogens (tertiary/aromatic N) is 3. The van der Waals surface area contributed by atoms with Gasteiger partial charge in [0, 0.05) is 17.0 Å². The smallest absolute Gasteiger partial charge is 0.264 e. The minimum atomic E-state index is -3.98. The maximum absolute atomic E-state index is 13.4. The third-order valence-electron chi connectivity index (χ3n) is 5.86. The first kappa shape index (κ1) is 26.2. The van der Waals surface area contributed by atoms with Gasteiger partial charge < -0.3 is 4.57 Å². The zero-order valence-electron chi connectivity index (χ0n) is 20.7. The first-order chi connectivity index (χ1) is 17.7. The van der Waals surface area contributed by atoms with Crippen LogP contribution in [0.15, 0.2) is 94.9 Å². The molecule has 7 nitrogen and oxygen atoms in total. The molecule has 1 heterocycles. The van der Waals surface area contributed by atoms with Crippen molar-refractivity contribution in [3.8, 4) is 5.69 Å². The van der Waals surface area contributed by atoms with E-state index in [1.54, 1.807) is 36.4 Å². The van der Waals surface area contributed by atoms with Crippen molar-refractivity contribution in [3.63, 3.8) is 0 Å². The van der Waals surface area contributed by atoms with Crippen LogP contribution in [0.4, 0.5) is 5.69 Å². The Bertz CT molecular complexity index is 1560. The number of aromatic nitrogens is 1. The number of carbonyl (C=O) groups is 1. The molecule has 0 aliphatic heterocycles. The standard InChI is InChI=1S/C28H27ClN4O3S/c1-20-10-9-11-24(16-20)32(37(35,36)25-12-5-4-6-13-25)19-28(34)31-30-18-23-17-21(2)33(22(23)3)27-15-8-7-14-26(27)29/h4-18H,19H2,1-3H3,(H,31,34)/b30-18-. The summed E-state index contributed by atoms with van der Waals surface area (Å²) in [4.78, 5) is 12.9. The van der Waals surface area contributed by atoms with Gasteiger partial charge in [0.2, 0.25) is 0 Å². The minimum Gasteiger partial charge on any atom is -0.316 e.